The summed E-state index contributed by atoms with van der Waals surface area (Å²) in [5.74, 6) is -0.329. The van der Waals surface area contributed by atoms with Crippen molar-refractivity contribution in [2.45, 2.75) is 36.6 Å². The van der Waals surface area contributed by atoms with E-state index in [0.717, 1.165) is 0 Å². The summed E-state index contributed by atoms with van der Waals surface area (Å²) in [4.78, 5) is 12.0. The van der Waals surface area contributed by atoms with Gasteiger partial charge in [0.15, 0.2) is 6.10 Å². The Morgan fingerprint density at radius 1 is 0.864 bits per heavy atom. The summed E-state index contributed by atoms with van der Waals surface area (Å²) in [5, 5.41) is 48.2. The molecule has 0 heterocycles. The quantitative estimate of drug-likeness (QED) is 0.406. The highest BCUT2D eigenvalue weighted by Crippen LogP contribution is 2.25. The van der Waals surface area contributed by atoms with E-state index in [-0.39, 0.29) is 5.56 Å². The minimum absolute atomic E-state index is 0.135. The van der Waals surface area contributed by atoms with Crippen LogP contribution in [0.5, 0.6) is 5.75 Å². The van der Waals surface area contributed by atoms with Crippen molar-refractivity contribution in [3.63, 3.8) is 0 Å². The molecule has 1 aliphatic rings. The third-order valence-electron chi connectivity index (χ3n) is 3.64. The van der Waals surface area contributed by atoms with Gasteiger partial charge in [-0.05, 0) is 24.3 Å². The number of rotatable bonds is 3. The van der Waals surface area contributed by atoms with Gasteiger partial charge in [0.25, 0.3) is 0 Å². The van der Waals surface area contributed by atoms with Crippen LogP contribution in [0.2, 0.25) is 0 Å². The average molecular weight is 314 g/mol. The molecule has 0 saturated heterocycles. The van der Waals surface area contributed by atoms with Gasteiger partial charge >= 0.3 is 5.97 Å². The number of methoxy groups -OCH3 is 1. The van der Waals surface area contributed by atoms with Gasteiger partial charge in [0.2, 0.25) is 0 Å². The zero-order chi connectivity index (χ0) is 16.4. The van der Waals surface area contributed by atoms with Gasteiger partial charge in [-0.2, -0.15) is 0 Å². The van der Waals surface area contributed by atoms with Crippen molar-refractivity contribution in [3.05, 3.63) is 29.8 Å². The van der Waals surface area contributed by atoms with Crippen LogP contribution in [0.25, 0.3) is 0 Å². The third-order valence-corrected chi connectivity index (χ3v) is 3.64. The Kier molecular flexibility index (Phi) is 4.99. The predicted molar refractivity (Wildman–Crippen MR) is 72.2 cm³/mol. The lowest BCUT2D eigenvalue weighted by molar-refractivity contribution is -0.223. The van der Waals surface area contributed by atoms with Crippen molar-refractivity contribution in [2.24, 2.45) is 0 Å². The molecule has 1 aromatic rings. The first-order valence-corrected chi connectivity index (χ1v) is 6.62. The van der Waals surface area contributed by atoms with E-state index in [4.69, 9.17) is 9.47 Å². The minimum Gasteiger partial charge on any atom is -0.497 e. The molecule has 0 aliphatic heterocycles. The van der Waals surface area contributed by atoms with E-state index in [0.29, 0.717) is 5.75 Å². The lowest BCUT2D eigenvalue weighted by Crippen LogP contribution is -2.64. The van der Waals surface area contributed by atoms with Crippen LogP contribution in [-0.4, -0.2) is 75.2 Å². The Labute approximate surface area is 126 Å². The molecular weight excluding hydrogens is 296 g/mol. The molecule has 8 heteroatoms. The van der Waals surface area contributed by atoms with Gasteiger partial charge in [0.05, 0.1) is 12.7 Å². The Balaban J connectivity index is 2.12. The number of hydrogen-bond acceptors (Lipinski definition) is 8. The largest absolute Gasteiger partial charge is 0.497 e. The molecule has 122 valence electrons. The zero-order valence-electron chi connectivity index (χ0n) is 11.7. The van der Waals surface area contributed by atoms with E-state index < -0.39 is 42.6 Å². The number of aliphatic hydroxyl groups is 5. The maximum Gasteiger partial charge on any atom is 0.338 e. The number of aliphatic hydroxyl groups excluding tert-OH is 5. The van der Waals surface area contributed by atoms with Crippen molar-refractivity contribution in [2.75, 3.05) is 7.11 Å². The van der Waals surface area contributed by atoms with E-state index in [2.05, 4.69) is 0 Å². The van der Waals surface area contributed by atoms with Crippen LogP contribution in [0.3, 0.4) is 0 Å². The maximum absolute atomic E-state index is 12.0. The van der Waals surface area contributed by atoms with E-state index in [1.165, 1.54) is 31.4 Å². The second kappa shape index (κ2) is 6.59. The fraction of sp³-hybridized carbons (Fsp3) is 0.500. The summed E-state index contributed by atoms with van der Waals surface area (Å²) in [7, 11) is 1.47. The van der Waals surface area contributed by atoms with E-state index >= 15 is 0 Å². The highest BCUT2D eigenvalue weighted by Gasteiger charge is 2.50. The molecule has 0 amide bonds. The number of carbonyl (C=O) groups excluding carboxylic acids is 1. The molecule has 1 saturated carbocycles. The molecule has 0 bridgehead atoms. The topological polar surface area (TPSA) is 137 Å². The van der Waals surface area contributed by atoms with Crippen LogP contribution in [0.4, 0.5) is 0 Å². The van der Waals surface area contributed by atoms with Gasteiger partial charge in [-0.1, -0.05) is 0 Å². The fourth-order valence-electron chi connectivity index (χ4n) is 2.25. The molecule has 6 atom stereocenters. The monoisotopic (exact) mass is 314 g/mol. The van der Waals surface area contributed by atoms with Crippen molar-refractivity contribution in [1.82, 2.24) is 0 Å². The number of ether oxygens (including phenoxy) is 2. The average Bonchev–Trinajstić information content (AvgIpc) is 2.55. The summed E-state index contributed by atoms with van der Waals surface area (Å²) in [6, 6.07) is 5.89. The highest BCUT2D eigenvalue weighted by molar-refractivity contribution is 5.89. The first-order chi connectivity index (χ1) is 10.4. The molecule has 2 rings (SSSR count). The first-order valence-electron chi connectivity index (χ1n) is 6.62. The number of hydrogen-bond donors (Lipinski definition) is 5. The van der Waals surface area contributed by atoms with Crippen LogP contribution in [0.15, 0.2) is 24.3 Å². The standard InChI is InChI=1S/C14H18O8/c1-21-7-4-2-6(3-5-7)14(20)22-13-11(18)9(16)8(15)10(17)12(13)19/h2-5,8-13,15-19H,1H3/t8?,9-,10+,11-,12-,13?/m1/s1. The van der Waals surface area contributed by atoms with Gasteiger partial charge in [-0.3, -0.25) is 0 Å². The smallest absolute Gasteiger partial charge is 0.338 e. The van der Waals surface area contributed by atoms with Crippen molar-refractivity contribution >= 4 is 5.97 Å². The SMILES string of the molecule is COc1ccc(C(=O)OC2[C@H](O)[C@H](O)C(O)[C@H](O)[C@H]2O)cc1. The van der Waals surface area contributed by atoms with Gasteiger partial charge in [0.1, 0.15) is 36.3 Å². The Hall–Kier alpha value is -1.71. The zero-order valence-corrected chi connectivity index (χ0v) is 11.7. The van der Waals surface area contributed by atoms with Gasteiger partial charge < -0.3 is 35.0 Å². The molecule has 0 aromatic heterocycles. The molecule has 1 aromatic carbocycles. The number of benzene rings is 1. The lowest BCUT2D eigenvalue weighted by atomic mass is 9.85. The molecule has 8 nitrogen and oxygen atoms in total. The van der Waals surface area contributed by atoms with Crippen LogP contribution < -0.4 is 4.74 Å². The molecule has 5 N–H and O–H groups in total. The van der Waals surface area contributed by atoms with E-state index in [1.807, 2.05) is 0 Å². The summed E-state index contributed by atoms with van der Waals surface area (Å²) >= 11 is 0. The van der Waals surface area contributed by atoms with Gasteiger partial charge in [0, 0.05) is 0 Å². The van der Waals surface area contributed by atoms with Crippen molar-refractivity contribution in [3.8, 4) is 5.75 Å². The van der Waals surface area contributed by atoms with E-state index in [1.54, 1.807) is 0 Å². The van der Waals surface area contributed by atoms with Crippen LogP contribution in [-0.2, 0) is 4.74 Å². The normalized spacial score (nSPS) is 35.0. The Morgan fingerprint density at radius 2 is 1.32 bits per heavy atom. The molecule has 0 spiro atoms. The molecule has 2 unspecified atom stereocenters. The number of carbonyl (C=O) groups is 1. The van der Waals surface area contributed by atoms with Crippen LogP contribution in [0.1, 0.15) is 10.4 Å². The lowest BCUT2D eigenvalue weighted by Gasteiger charge is -2.41. The predicted octanol–water partition coefficient (Wildman–Crippen LogP) is -1.96. The molecule has 1 aliphatic carbocycles. The molecule has 1 fully saturated rings. The molecular formula is C14H18O8. The van der Waals surface area contributed by atoms with Gasteiger partial charge in [-0.15, -0.1) is 0 Å². The summed E-state index contributed by atoms with van der Waals surface area (Å²) < 4.78 is 9.90. The minimum atomic E-state index is -1.74. The third kappa shape index (κ3) is 3.06. The first kappa shape index (κ1) is 16.7. The fourth-order valence-corrected chi connectivity index (χ4v) is 2.25. The Bertz CT molecular complexity index is 500. The summed E-state index contributed by atoms with van der Waals surface area (Å²) in [6.07, 6.45) is -10.2. The summed E-state index contributed by atoms with van der Waals surface area (Å²) in [6.45, 7) is 0. The second-order valence-corrected chi connectivity index (χ2v) is 5.05. The molecule has 22 heavy (non-hydrogen) atoms. The molecule has 0 radical (unpaired) electrons. The van der Waals surface area contributed by atoms with Crippen LogP contribution >= 0.6 is 0 Å². The van der Waals surface area contributed by atoms with E-state index in [9.17, 15) is 30.3 Å². The van der Waals surface area contributed by atoms with Crippen molar-refractivity contribution in [1.29, 1.82) is 0 Å². The van der Waals surface area contributed by atoms with Crippen molar-refractivity contribution < 1.29 is 39.8 Å². The number of esters is 1. The van der Waals surface area contributed by atoms with Gasteiger partial charge in [-0.25, -0.2) is 4.79 Å². The highest BCUT2D eigenvalue weighted by atomic mass is 16.6. The maximum atomic E-state index is 12.0. The van der Waals surface area contributed by atoms with Crippen LogP contribution in [0, 0.1) is 0 Å². The second-order valence-electron chi connectivity index (χ2n) is 5.05. The Morgan fingerprint density at radius 3 is 1.77 bits per heavy atom. The summed E-state index contributed by atoms with van der Waals surface area (Å²) in [5.41, 5.74) is 0.135.